The third-order valence-electron chi connectivity index (χ3n) is 1.99. The second-order valence-electron chi connectivity index (χ2n) is 4.76. The average molecular weight is 250 g/mol. The van der Waals surface area contributed by atoms with Crippen LogP contribution in [0.2, 0.25) is 0 Å². The molecule has 0 radical (unpaired) electrons. The lowest BCUT2D eigenvalue weighted by Gasteiger charge is -2.21. The minimum Gasteiger partial charge on any atom is -0.444 e. The highest BCUT2D eigenvalue weighted by atomic mass is 19.1. The van der Waals surface area contributed by atoms with E-state index in [1.54, 1.807) is 20.8 Å². The summed E-state index contributed by atoms with van der Waals surface area (Å²) in [6, 6.07) is 6.41. The first-order valence-corrected chi connectivity index (χ1v) is 5.46. The van der Waals surface area contributed by atoms with Crippen molar-refractivity contribution in [2.75, 3.05) is 0 Å². The topological polar surface area (TPSA) is 62.1 Å². The van der Waals surface area contributed by atoms with Crippen LogP contribution >= 0.6 is 0 Å². The van der Waals surface area contributed by atoms with Crippen molar-refractivity contribution in [2.45, 2.75) is 32.4 Å². The summed E-state index contributed by atoms with van der Waals surface area (Å²) in [6.45, 7) is 5.18. The Morgan fingerprint density at radius 1 is 1.39 bits per heavy atom. The van der Waals surface area contributed by atoms with Gasteiger partial charge < -0.3 is 10.1 Å². The summed E-state index contributed by atoms with van der Waals surface area (Å²) in [5.41, 5.74) is -0.128. The Kier molecular flexibility index (Phi) is 4.27. The highest BCUT2D eigenvalue weighted by Gasteiger charge is 2.20. The summed E-state index contributed by atoms with van der Waals surface area (Å²) in [5.74, 6) is -0.396. The standard InChI is InChI=1S/C13H15FN2O2/c1-13(2,3)18-12(17)16-11(8-15)9-4-6-10(14)7-5-9/h4-7,11H,1-3H3,(H,16,17). The molecule has 0 aromatic heterocycles. The van der Waals surface area contributed by atoms with Gasteiger partial charge in [0.1, 0.15) is 17.5 Å². The van der Waals surface area contributed by atoms with Crippen LogP contribution in [0.15, 0.2) is 24.3 Å². The lowest BCUT2D eigenvalue weighted by atomic mass is 10.1. The summed E-state index contributed by atoms with van der Waals surface area (Å²) in [7, 11) is 0. The zero-order valence-corrected chi connectivity index (χ0v) is 10.5. The molecule has 0 aliphatic carbocycles. The molecule has 4 nitrogen and oxygen atoms in total. The minimum absolute atomic E-state index is 0.396. The second-order valence-corrected chi connectivity index (χ2v) is 4.76. The number of halogens is 1. The molecule has 0 aliphatic rings. The SMILES string of the molecule is CC(C)(C)OC(=O)NC(C#N)c1ccc(F)cc1. The summed E-state index contributed by atoms with van der Waals surface area (Å²) in [5, 5.41) is 11.4. The van der Waals surface area contributed by atoms with E-state index in [1.807, 2.05) is 6.07 Å². The number of ether oxygens (including phenoxy) is 1. The average Bonchev–Trinajstić information content (AvgIpc) is 2.25. The molecular weight excluding hydrogens is 235 g/mol. The Hall–Kier alpha value is -2.09. The van der Waals surface area contributed by atoms with Gasteiger partial charge in [0.2, 0.25) is 0 Å². The Morgan fingerprint density at radius 2 is 1.94 bits per heavy atom. The first-order chi connectivity index (χ1) is 8.31. The van der Waals surface area contributed by atoms with Crippen LogP contribution in [0.25, 0.3) is 0 Å². The first-order valence-electron chi connectivity index (χ1n) is 5.46. The van der Waals surface area contributed by atoms with Crippen molar-refractivity contribution in [3.63, 3.8) is 0 Å². The molecule has 1 aromatic carbocycles. The quantitative estimate of drug-likeness (QED) is 0.877. The number of rotatable bonds is 2. The number of nitrogens with zero attached hydrogens (tertiary/aromatic N) is 1. The van der Waals surface area contributed by atoms with E-state index in [1.165, 1.54) is 24.3 Å². The number of nitriles is 1. The molecule has 0 saturated carbocycles. The fraction of sp³-hybridized carbons (Fsp3) is 0.385. The summed E-state index contributed by atoms with van der Waals surface area (Å²) >= 11 is 0. The molecule has 18 heavy (non-hydrogen) atoms. The first kappa shape index (κ1) is 14.0. The Morgan fingerprint density at radius 3 is 2.39 bits per heavy atom. The maximum absolute atomic E-state index is 12.7. The van der Waals surface area contributed by atoms with Gasteiger partial charge in [-0.15, -0.1) is 0 Å². The number of carbonyl (C=O) groups is 1. The second kappa shape index (κ2) is 5.50. The summed E-state index contributed by atoms with van der Waals surface area (Å²) in [6.07, 6.45) is -0.682. The largest absolute Gasteiger partial charge is 0.444 e. The zero-order chi connectivity index (χ0) is 13.8. The van der Waals surface area contributed by atoms with Gasteiger partial charge >= 0.3 is 6.09 Å². The van der Waals surface area contributed by atoms with Crippen LogP contribution < -0.4 is 5.32 Å². The van der Waals surface area contributed by atoms with E-state index in [0.717, 1.165) is 0 Å². The maximum Gasteiger partial charge on any atom is 0.408 e. The van der Waals surface area contributed by atoms with Crippen LogP contribution in [0.5, 0.6) is 0 Å². The number of hydrogen-bond acceptors (Lipinski definition) is 3. The minimum atomic E-state index is -0.861. The van der Waals surface area contributed by atoms with E-state index < -0.39 is 23.6 Å². The Balaban J connectivity index is 2.72. The lowest BCUT2D eigenvalue weighted by molar-refractivity contribution is 0.0515. The Labute approximate surface area is 105 Å². The van der Waals surface area contributed by atoms with E-state index in [2.05, 4.69) is 5.32 Å². The molecule has 1 rings (SSSR count). The third-order valence-corrected chi connectivity index (χ3v) is 1.99. The molecule has 0 saturated heterocycles. The Bertz CT molecular complexity index is 457. The van der Waals surface area contributed by atoms with Gasteiger partial charge in [-0.25, -0.2) is 9.18 Å². The van der Waals surface area contributed by atoms with Crippen molar-refractivity contribution in [1.82, 2.24) is 5.32 Å². The molecule has 1 atom stereocenters. The van der Waals surface area contributed by atoms with Crippen LogP contribution in [-0.4, -0.2) is 11.7 Å². The molecular formula is C13H15FN2O2. The van der Waals surface area contributed by atoms with Gasteiger partial charge in [-0.3, -0.25) is 0 Å². The van der Waals surface area contributed by atoms with Crippen molar-refractivity contribution in [2.24, 2.45) is 0 Å². The normalized spacial score (nSPS) is 12.4. The van der Waals surface area contributed by atoms with Crippen molar-refractivity contribution in [3.8, 4) is 6.07 Å². The third kappa shape index (κ3) is 4.42. The number of benzene rings is 1. The smallest absolute Gasteiger partial charge is 0.408 e. The van der Waals surface area contributed by atoms with Crippen molar-refractivity contribution in [1.29, 1.82) is 5.26 Å². The molecule has 0 bridgehead atoms. The number of hydrogen-bond donors (Lipinski definition) is 1. The predicted molar refractivity (Wildman–Crippen MR) is 64.1 cm³/mol. The van der Waals surface area contributed by atoms with Crippen LogP contribution in [0.1, 0.15) is 32.4 Å². The van der Waals surface area contributed by atoms with Crippen molar-refractivity contribution >= 4 is 6.09 Å². The van der Waals surface area contributed by atoms with Crippen LogP contribution in [0, 0.1) is 17.1 Å². The maximum atomic E-state index is 12.7. The zero-order valence-electron chi connectivity index (χ0n) is 10.5. The molecule has 0 spiro atoms. The van der Waals surface area contributed by atoms with E-state index >= 15 is 0 Å². The van der Waals surface area contributed by atoms with Crippen LogP contribution in [0.4, 0.5) is 9.18 Å². The predicted octanol–water partition coefficient (Wildman–Crippen LogP) is 2.92. The van der Waals surface area contributed by atoms with Crippen LogP contribution in [-0.2, 0) is 4.74 Å². The molecule has 1 aromatic rings. The van der Waals surface area contributed by atoms with Gasteiger partial charge in [-0.2, -0.15) is 5.26 Å². The lowest BCUT2D eigenvalue weighted by Crippen LogP contribution is -2.34. The van der Waals surface area contributed by atoms with Gasteiger partial charge in [0, 0.05) is 0 Å². The molecule has 5 heteroatoms. The van der Waals surface area contributed by atoms with Crippen LogP contribution in [0.3, 0.4) is 0 Å². The number of nitrogens with one attached hydrogen (secondary N) is 1. The summed E-state index contributed by atoms with van der Waals surface area (Å²) in [4.78, 5) is 11.5. The number of amides is 1. The molecule has 96 valence electrons. The van der Waals surface area contributed by atoms with E-state index in [0.29, 0.717) is 5.56 Å². The van der Waals surface area contributed by atoms with Gasteiger partial charge in [-0.05, 0) is 38.5 Å². The van der Waals surface area contributed by atoms with Gasteiger partial charge in [0.05, 0.1) is 6.07 Å². The fourth-order valence-electron chi connectivity index (χ4n) is 1.27. The monoisotopic (exact) mass is 250 g/mol. The fourth-order valence-corrected chi connectivity index (χ4v) is 1.27. The molecule has 0 fully saturated rings. The van der Waals surface area contributed by atoms with Crippen molar-refractivity contribution in [3.05, 3.63) is 35.6 Å². The van der Waals surface area contributed by atoms with Gasteiger partial charge in [0.15, 0.2) is 0 Å². The highest BCUT2D eigenvalue weighted by Crippen LogP contribution is 2.14. The van der Waals surface area contributed by atoms with Gasteiger partial charge in [0.25, 0.3) is 0 Å². The number of carbonyl (C=O) groups excluding carboxylic acids is 1. The molecule has 1 unspecified atom stereocenters. The molecule has 0 aliphatic heterocycles. The van der Waals surface area contributed by atoms with Gasteiger partial charge in [-0.1, -0.05) is 12.1 Å². The number of alkyl carbamates (subject to hydrolysis) is 1. The molecule has 1 amide bonds. The van der Waals surface area contributed by atoms with E-state index in [-0.39, 0.29) is 0 Å². The van der Waals surface area contributed by atoms with E-state index in [9.17, 15) is 9.18 Å². The molecule has 0 heterocycles. The highest BCUT2D eigenvalue weighted by molar-refractivity contribution is 5.69. The van der Waals surface area contributed by atoms with E-state index in [4.69, 9.17) is 10.00 Å². The van der Waals surface area contributed by atoms with Crippen molar-refractivity contribution < 1.29 is 13.9 Å². The molecule has 1 N–H and O–H groups in total. The summed E-state index contributed by atoms with van der Waals surface area (Å²) < 4.78 is 17.8.